The second-order valence-corrected chi connectivity index (χ2v) is 17.9. The highest BCUT2D eigenvalue weighted by molar-refractivity contribution is 5.84. The smallest absolute Gasteiger partial charge is 0.309 e. The highest BCUT2D eigenvalue weighted by Crippen LogP contribution is 2.54. The maximum Gasteiger partial charge on any atom is 0.309 e. The molecule has 304 valence electrons. The Morgan fingerprint density at radius 1 is 0.887 bits per heavy atom. The number of aliphatic hydroxyl groups excluding tert-OH is 2. The normalized spacial score (nSPS) is 46.2. The van der Waals surface area contributed by atoms with E-state index in [9.17, 15) is 30.0 Å². The average molecular weight is 751 g/mol. The van der Waals surface area contributed by atoms with E-state index < -0.39 is 76.8 Å². The average Bonchev–Trinajstić information content (AvgIpc) is 3.47. The zero-order chi connectivity index (χ0) is 39.3. The van der Waals surface area contributed by atoms with Gasteiger partial charge in [0, 0.05) is 30.1 Å². The van der Waals surface area contributed by atoms with Crippen LogP contribution < -0.4 is 0 Å². The molecule has 0 amide bonds. The van der Waals surface area contributed by atoms with Crippen LogP contribution in [0.5, 0.6) is 0 Å². The monoisotopic (exact) mass is 750 g/mol. The third-order valence-corrected chi connectivity index (χ3v) is 14.4. The van der Waals surface area contributed by atoms with Gasteiger partial charge in [-0.1, -0.05) is 55.4 Å². The summed E-state index contributed by atoms with van der Waals surface area (Å²) in [5.74, 6) is -5.78. The first kappa shape index (κ1) is 42.7. The van der Waals surface area contributed by atoms with Gasteiger partial charge in [0.1, 0.15) is 11.9 Å². The van der Waals surface area contributed by atoms with E-state index in [1.165, 1.54) is 0 Å². The Hall–Kier alpha value is -1.44. The molecule has 0 aliphatic carbocycles. The quantitative estimate of drug-likeness (QED) is 0.169. The Labute approximate surface area is 317 Å². The summed E-state index contributed by atoms with van der Waals surface area (Å²) in [7, 11) is 0. The van der Waals surface area contributed by atoms with Crippen molar-refractivity contribution in [1.29, 1.82) is 0 Å². The lowest BCUT2D eigenvalue weighted by atomic mass is 9.72. The highest BCUT2D eigenvalue weighted by atomic mass is 16.8. The fraction of sp³-hybridized carbons (Fsp3) is 0.905. The number of carbonyl (C=O) groups excluding carboxylic acids is 1. The predicted octanol–water partition coefficient (Wildman–Crippen LogP) is 6.19. The van der Waals surface area contributed by atoms with E-state index >= 15 is 0 Å². The van der Waals surface area contributed by atoms with E-state index in [1.54, 1.807) is 19.1 Å². The number of aliphatic hydroxyl groups is 3. The second kappa shape index (κ2) is 16.2. The first-order valence-electron chi connectivity index (χ1n) is 20.7. The van der Waals surface area contributed by atoms with Gasteiger partial charge in [-0.05, 0) is 95.6 Å². The van der Waals surface area contributed by atoms with Crippen molar-refractivity contribution >= 4 is 11.8 Å². The van der Waals surface area contributed by atoms with Crippen LogP contribution >= 0.6 is 0 Å². The van der Waals surface area contributed by atoms with Crippen molar-refractivity contribution in [2.75, 3.05) is 0 Å². The molecule has 11 heteroatoms. The Balaban J connectivity index is 1.31. The van der Waals surface area contributed by atoms with E-state index in [0.717, 1.165) is 6.42 Å². The number of aliphatic carboxylic acids is 1. The minimum atomic E-state index is -1.37. The molecule has 0 aromatic carbocycles. The van der Waals surface area contributed by atoms with Crippen LogP contribution in [0.15, 0.2) is 12.2 Å². The number of ether oxygens (including phenoxy) is 5. The fourth-order valence-electron chi connectivity index (χ4n) is 10.5. The summed E-state index contributed by atoms with van der Waals surface area (Å²) in [5.41, 5.74) is -1.63. The van der Waals surface area contributed by atoms with Crippen LogP contribution in [-0.2, 0) is 33.3 Å². The molecule has 0 aromatic rings. The molecular formula is C42H70O11. The Morgan fingerprint density at radius 2 is 1.57 bits per heavy atom. The van der Waals surface area contributed by atoms with Crippen LogP contribution in [0.25, 0.3) is 0 Å². The maximum absolute atomic E-state index is 14.4. The van der Waals surface area contributed by atoms with Crippen LogP contribution in [0.3, 0.4) is 0 Å². The first-order chi connectivity index (χ1) is 24.8. The lowest BCUT2D eigenvalue weighted by molar-refractivity contribution is -0.409. The van der Waals surface area contributed by atoms with E-state index in [2.05, 4.69) is 20.8 Å². The number of carboxylic acid groups (broad SMARTS) is 1. The molecule has 4 saturated heterocycles. The molecular weight excluding hydrogens is 680 g/mol. The predicted molar refractivity (Wildman–Crippen MR) is 199 cm³/mol. The molecule has 0 radical (unpaired) electrons. The summed E-state index contributed by atoms with van der Waals surface area (Å²) in [4.78, 5) is 26.4. The van der Waals surface area contributed by atoms with Gasteiger partial charge in [-0.15, -0.1) is 0 Å². The van der Waals surface area contributed by atoms with Crippen molar-refractivity contribution < 1.29 is 53.7 Å². The minimum absolute atomic E-state index is 0.0137. The van der Waals surface area contributed by atoms with Gasteiger partial charge in [-0.25, -0.2) is 0 Å². The molecule has 0 unspecified atom stereocenters. The Bertz CT molecular complexity index is 1320. The molecule has 53 heavy (non-hydrogen) atoms. The van der Waals surface area contributed by atoms with Gasteiger partial charge in [-0.3, -0.25) is 9.59 Å². The molecule has 5 aliphatic heterocycles. The van der Waals surface area contributed by atoms with Crippen molar-refractivity contribution in [1.82, 2.24) is 0 Å². The largest absolute Gasteiger partial charge is 0.481 e. The molecule has 18 atom stereocenters. The van der Waals surface area contributed by atoms with Gasteiger partial charge >= 0.3 is 5.97 Å². The second-order valence-electron chi connectivity index (χ2n) is 17.9. The first-order valence-corrected chi connectivity index (χ1v) is 20.7. The van der Waals surface area contributed by atoms with Crippen molar-refractivity contribution in [3.8, 4) is 0 Å². The number of Topliss-reactive ketones (excluding diaryl/α,β-unsaturated/α-hetero) is 1. The third-order valence-electron chi connectivity index (χ3n) is 14.4. The van der Waals surface area contributed by atoms with Crippen LogP contribution in [0, 0.1) is 41.4 Å². The summed E-state index contributed by atoms with van der Waals surface area (Å²) in [6.45, 7) is 19.6. The molecule has 4 N–H and O–H groups in total. The van der Waals surface area contributed by atoms with Crippen molar-refractivity contribution in [3.63, 3.8) is 0 Å². The molecule has 5 aliphatic rings. The van der Waals surface area contributed by atoms with E-state index in [4.69, 9.17) is 23.7 Å². The summed E-state index contributed by atoms with van der Waals surface area (Å²) >= 11 is 0. The number of carboxylic acids is 1. The fourth-order valence-corrected chi connectivity index (χ4v) is 10.5. The maximum atomic E-state index is 14.4. The summed E-state index contributed by atoms with van der Waals surface area (Å²) < 4.78 is 33.5. The van der Waals surface area contributed by atoms with Gasteiger partial charge in [0.05, 0.1) is 53.7 Å². The van der Waals surface area contributed by atoms with E-state index in [1.807, 2.05) is 41.5 Å². The van der Waals surface area contributed by atoms with Crippen molar-refractivity contribution in [3.05, 3.63) is 12.2 Å². The van der Waals surface area contributed by atoms with E-state index in [-0.39, 0.29) is 41.8 Å². The number of ketones is 1. The zero-order valence-corrected chi connectivity index (χ0v) is 34.0. The van der Waals surface area contributed by atoms with Crippen LogP contribution in [0.1, 0.15) is 133 Å². The Morgan fingerprint density at radius 3 is 2.17 bits per heavy atom. The standard InChI is InChI=1S/C42H70O11/c1-11-29(38(46)47)31-15-14-23(4)36(50-31)27(8)34(44)26(7)35(45)30(12-2)37-24(5)22-25(6)41(51-37)19-16-32(43)42(53-41)21-20-39(10,52-42)33-17-18-40(48,13-3)28(9)49-33/h16,19,23-34,36-37,43-44,48H,11-15,17-18,20-22H2,1-10H3,(H,46,47)/t23-,24-,25+,26+,27-,28-,29-,30+,31+,32+,33-,34-,36+,37-,39+,40+,41-,42-/m0/s1. The number of rotatable bonds is 12. The lowest BCUT2D eigenvalue weighted by Gasteiger charge is -2.54. The minimum Gasteiger partial charge on any atom is -0.481 e. The van der Waals surface area contributed by atoms with Crippen LogP contribution in [-0.4, -0.2) is 97.7 Å². The van der Waals surface area contributed by atoms with Crippen LogP contribution in [0.4, 0.5) is 0 Å². The van der Waals surface area contributed by atoms with Crippen molar-refractivity contribution in [2.24, 2.45) is 41.4 Å². The molecule has 0 aromatic heterocycles. The van der Waals surface area contributed by atoms with Crippen molar-refractivity contribution in [2.45, 2.75) is 199 Å². The van der Waals surface area contributed by atoms with Gasteiger partial charge in [-0.2, -0.15) is 0 Å². The SMILES string of the molecule is CC[C@H](C(=O)[C@H](C)[C@H](O)[C@H](C)[C@@H]1O[C@@H]([C@H](CC)C(=O)O)CC[C@@H]1C)[C@H]1O[C@]2(C=C[C@@H](O)[C@]3(CC[C@](C)([C@@H]4CC[C@](O)(CC)[C@H](C)O4)O3)O2)[C@H](C)C[C@@H]1C. The molecule has 5 heterocycles. The molecule has 11 nitrogen and oxygen atoms in total. The van der Waals surface area contributed by atoms with E-state index in [0.29, 0.717) is 57.8 Å². The van der Waals surface area contributed by atoms with Gasteiger partial charge in [0.25, 0.3) is 0 Å². The molecule has 0 saturated carbocycles. The topological polar surface area (TPSA) is 161 Å². The van der Waals surface area contributed by atoms with Crippen LogP contribution in [0.2, 0.25) is 0 Å². The summed E-state index contributed by atoms with van der Waals surface area (Å²) in [5, 5.41) is 44.0. The summed E-state index contributed by atoms with van der Waals surface area (Å²) in [6, 6.07) is 0. The number of hydrogen-bond donors (Lipinski definition) is 4. The number of carbonyl (C=O) groups is 2. The summed E-state index contributed by atoms with van der Waals surface area (Å²) in [6.07, 6.45) is 5.51. The van der Waals surface area contributed by atoms with Gasteiger partial charge < -0.3 is 44.1 Å². The Kier molecular flexibility index (Phi) is 13.0. The van der Waals surface area contributed by atoms with Gasteiger partial charge in [0.15, 0.2) is 5.79 Å². The third kappa shape index (κ3) is 7.94. The molecule has 4 fully saturated rings. The lowest BCUT2D eigenvalue weighted by Crippen LogP contribution is -2.63. The van der Waals surface area contributed by atoms with Gasteiger partial charge in [0.2, 0.25) is 5.79 Å². The molecule has 0 bridgehead atoms. The zero-order valence-electron chi connectivity index (χ0n) is 34.0. The molecule has 5 rings (SSSR count). The highest BCUT2D eigenvalue weighted by Gasteiger charge is 2.63. The molecule has 2 spiro atoms. The number of hydrogen-bond acceptors (Lipinski definition) is 10.